The summed E-state index contributed by atoms with van der Waals surface area (Å²) in [7, 11) is 0. The maximum atomic E-state index is 11.5. The van der Waals surface area contributed by atoms with Gasteiger partial charge in [0.05, 0.1) is 5.56 Å². The number of pyridine rings is 1. The molecule has 0 aliphatic heterocycles. The summed E-state index contributed by atoms with van der Waals surface area (Å²) in [6, 6.07) is 3.20. The van der Waals surface area contributed by atoms with Gasteiger partial charge in [-0.2, -0.15) is 0 Å². The molecule has 13 heavy (non-hydrogen) atoms. The van der Waals surface area contributed by atoms with Crippen LogP contribution in [0.15, 0.2) is 28.3 Å². The summed E-state index contributed by atoms with van der Waals surface area (Å²) in [5, 5.41) is 11.2. The number of amidine groups is 1. The number of rotatable bonds is 2. The Hall–Kier alpha value is -1.78. The summed E-state index contributed by atoms with van der Waals surface area (Å²) in [5.74, 6) is -0.159. The summed E-state index contributed by atoms with van der Waals surface area (Å²) >= 11 is 0. The van der Waals surface area contributed by atoms with Crippen LogP contribution in [0.1, 0.15) is 12.5 Å². The molecule has 5 nitrogen and oxygen atoms in total. The van der Waals surface area contributed by atoms with Gasteiger partial charge < -0.3 is 15.5 Å². The first-order valence-corrected chi connectivity index (χ1v) is 3.88. The van der Waals surface area contributed by atoms with E-state index in [1.54, 1.807) is 12.3 Å². The molecular formula is C8H11N3O2. The fourth-order valence-corrected chi connectivity index (χ4v) is 1.03. The van der Waals surface area contributed by atoms with Crippen LogP contribution in [0.25, 0.3) is 0 Å². The predicted octanol–water partition coefficient (Wildman–Crippen LogP) is -0.0373. The highest BCUT2D eigenvalue weighted by Gasteiger charge is 2.05. The minimum atomic E-state index is -0.250. The van der Waals surface area contributed by atoms with Crippen molar-refractivity contribution in [3.63, 3.8) is 0 Å². The van der Waals surface area contributed by atoms with E-state index in [-0.39, 0.29) is 17.0 Å². The Morgan fingerprint density at radius 2 is 2.46 bits per heavy atom. The minimum absolute atomic E-state index is 0.159. The molecule has 0 aromatic carbocycles. The lowest BCUT2D eigenvalue weighted by Crippen LogP contribution is -2.29. The first-order valence-electron chi connectivity index (χ1n) is 3.88. The van der Waals surface area contributed by atoms with Crippen LogP contribution in [0.5, 0.6) is 0 Å². The zero-order valence-electron chi connectivity index (χ0n) is 7.27. The van der Waals surface area contributed by atoms with E-state index in [9.17, 15) is 4.79 Å². The second kappa shape index (κ2) is 3.75. The zero-order chi connectivity index (χ0) is 9.84. The highest BCUT2D eigenvalue weighted by atomic mass is 16.4. The number of aryl methyl sites for hydroxylation is 1. The summed E-state index contributed by atoms with van der Waals surface area (Å²) < 4.78 is 1.48. The van der Waals surface area contributed by atoms with Crippen molar-refractivity contribution in [3.8, 4) is 0 Å². The van der Waals surface area contributed by atoms with Crippen molar-refractivity contribution in [2.45, 2.75) is 13.5 Å². The molecular weight excluding hydrogens is 170 g/mol. The van der Waals surface area contributed by atoms with Crippen LogP contribution in [0, 0.1) is 0 Å². The highest BCUT2D eigenvalue weighted by molar-refractivity contribution is 5.96. The fraction of sp³-hybridized carbons (Fsp3) is 0.250. The van der Waals surface area contributed by atoms with Crippen LogP contribution in [0.4, 0.5) is 0 Å². The molecule has 0 radical (unpaired) electrons. The highest BCUT2D eigenvalue weighted by Crippen LogP contribution is 1.91. The molecule has 3 N–H and O–H groups in total. The average Bonchev–Trinajstić information content (AvgIpc) is 2.17. The predicted molar refractivity (Wildman–Crippen MR) is 48.9 cm³/mol. The van der Waals surface area contributed by atoms with Gasteiger partial charge in [0.15, 0.2) is 5.84 Å². The van der Waals surface area contributed by atoms with Crippen molar-refractivity contribution in [2.75, 3.05) is 0 Å². The number of nitrogens with two attached hydrogens (primary N) is 1. The molecule has 0 saturated heterocycles. The zero-order valence-corrected chi connectivity index (χ0v) is 7.27. The lowest BCUT2D eigenvalue weighted by atomic mass is 10.2. The Balaban J connectivity index is 3.32. The molecule has 1 aromatic heterocycles. The van der Waals surface area contributed by atoms with Crippen LogP contribution >= 0.6 is 0 Å². The molecule has 0 unspecified atom stereocenters. The first-order chi connectivity index (χ1) is 6.20. The topological polar surface area (TPSA) is 80.6 Å². The van der Waals surface area contributed by atoms with Crippen molar-refractivity contribution in [3.05, 3.63) is 34.2 Å². The maximum Gasteiger partial charge on any atom is 0.261 e. The van der Waals surface area contributed by atoms with E-state index in [1.165, 1.54) is 10.6 Å². The molecule has 1 rings (SSSR count). The quantitative estimate of drug-likeness (QED) is 0.291. The van der Waals surface area contributed by atoms with E-state index in [0.717, 1.165) is 0 Å². The van der Waals surface area contributed by atoms with E-state index in [4.69, 9.17) is 10.9 Å². The molecule has 0 saturated carbocycles. The van der Waals surface area contributed by atoms with Crippen molar-refractivity contribution in [1.82, 2.24) is 4.57 Å². The standard InChI is InChI=1S/C8H11N3O2/c1-2-11-5-3-4-6(8(11)12)7(9)10-13/h3-5,13H,2H2,1H3,(H2,9,10). The monoisotopic (exact) mass is 181 g/mol. The van der Waals surface area contributed by atoms with Crippen molar-refractivity contribution in [1.29, 1.82) is 0 Å². The fourth-order valence-electron chi connectivity index (χ4n) is 1.03. The Labute approximate surface area is 75.1 Å². The molecule has 0 fully saturated rings. The SMILES string of the molecule is CCn1cccc(/C(N)=N/O)c1=O. The third-order valence-electron chi connectivity index (χ3n) is 1.74. The van der Waals surface area contributed by atoms with E-state index < -0.39 is 0 Å². The molecule has 0 spiro atoms. The molecule has 0 atom stereocenters. The summed E-state index contributed by atoms with van der Waals surface area (Å²) in [6.07, 6.45) is 1.65. The van der Waals surface area contributed by atoms with Gasteiger partial charge in [0.2, 0.25) is 0 Å². The molecule has 5 heteroatoms. The maximum absolute atomic E-state index is 11.5. The van der Waals surface area contributed by atoms with Gasteiger partial charge in [-0.3, -0.25) is 4.79 Å². The van der Waals surface area contributed by atoms with Gasteiger partial charge in [-0.15, -0.1) is 0 Å². The molecule has 0 bridgehead atoms. The number of oxime groups is 1. The summed E-state index contributed by atoms with van der Waals surface area (Å²) in [4.78, 5) is 11.5. The van der Waals surface area contributed by atoms with Crippen LogP contribution in [0.2, 0.25) is 0 Å². The van der Waals surface area contributed by atoms with Gasteiger partial charge in [0.25, 0.3) is 5.56 Å². The second-order valence-electron chi connectivity index (χ2n) is 2.50. The molecule has 0 aliphatic rings. The molecule has 0 aliphatic carbocycles. The first kappa shape index (κ1) is 9.31. The van der Waals surface area contributed by atoms with Gasteiger partial charge >= 0.3 is 0 Å². The van der Waals surface area contributed by atoms with Crippen LogP contribution in [0.3, 0.4) is 0 Å². The van der Waals surface area contributed by atoms with Gasteiger partial charge in [0.1, 0.15) is 0 Å². The number of hydrogen-bond donors (Lipinski definition) is 2. The minimum Gasteiger partial charge on any atom is -0.409 e. The molecule has 0 amide bonds. The third kappa shape index (κ3) is 1.69. The van der Waals surface area contributed by atoms with E-state index in [0.29, 0.717) is 6.54 Å². The Morgan fingerprint density at radius 3 is 3.00 bits per heavy atom. The molecule has 1 aromatic rings. The van der Waals surface area contributed by atoms with Crippen molar-refractivity contribution in [2.24, 2.45) is 10.9 Å². The average molecular weight is 181 g/mol. The molecule has 70 valence electrons. The lowest BCUT2D eigenvalue weighted by molar-refractivity contribution is 0.318. The number of hydrogen-bond acceptors (Lipinski definition) is 3. The van der Waals surface area contributed by atoms with Gasteiger partial charge in [-0.25, -0.2) is 0 Å². The Morgan fingerprint density at radius 1 is 1.77 bits per heavy atom. The largest absolute Gasteiger partial charge is 0.409 e. The van der Waals surface area contributed by atoms with E-state index in [1.807, 2.05) is 6.92 Å². The number of nitrogens with zero attached hydrogens (tertiary/aromatic N) is 2. The van der Waals surface area contributed by atoms with Crippen molar-refractivity contribution >= 4 is 5.84 Å². The second-order valence-corrected chi connectivity index (χ2v) is 2.50. The smallest absolute Gasteiger partial charge is 0.261 e. The molecule has 1 heterocycles. The van der Waals surface area contributed by atoms with Gasteiger partial charge in [0, 0.05) is 12.7 Å². The van der Waals surface area contributed by atoms with Gasteiger partial charge in [-0.05, 0) is 19.1 Å². The van der Waals surface area contributed by atoms with Crippen LogP contribution < -0.4 is 11.3 Å². The third-order valence-corrected chi connectivity index (χ3v) is 1.74. The van der Waals surface area contributed by atoms with E-state index in [2.05, 4.69) is 5.16 Å². The lowest BCUT2D eigenvalue weighted by Gasteiger charge is -2.03. The van der Waals surface area contributed by atoms with Crippen molar-refractivity contribution < 1.29 is 5.21 Å². The summed E-state index contributed by atoms with van der Waals surface area (Å²) in [5.41, 5.74) is 5.27. The Kier molecular flexibility index (Phi) is 2.69. The Bertz CT molecular complexity index is 381. The normalized spacial score (nSPS) is 11.6. The summed E-state index contributed by atoms with van der Waals surface area (Å²) in [6.45, 7) is 2.41. The van der Waals surface area contributed by atoms with E-state index >= 15 is 0 Å². The van der Waals surface area contributed by atoms with Crippen LogP contribution in [-0.4, -0.2) is 15.6 Å². The number of aromatic nitrogens is 1. The van der Waals surface area contributed by atoms with Crippen LogP contribution in [-0.2, 0) is 6.54 Å². The van der Waals surface area contributed by atoms with Gasteiger partial charge in [-0.1, -0.05) is 5.16 Å².